The van der Waals surface area contributed by atoms with Gasteiger partial charge < -0.3 is 11.1 Å². The van der Waals surface area contributed by atoms with Crippen LogP contribution in [-0.4, -0.2) is 37.7 Å². The number of hydrogen-bond acceptors (Lipinski definition) is 7. The Bertz CT molecular complexity index is 1420. The summed E-state index contributed by atoms with van der Waals surface area (Å²) in [6.45, 7) is 0. The van der Waals surface area contributed by atoms with Crippen molar-refractivity contribution in [3.8, 4) is 0 Å². The quantitative estimate of drug-likeness (QED) is 0.274. The Morgan fingerprint density at radius 2 is 1.88 bits per heavy atom. The van der Waals surface area contributed by atoms with Gasteiger partial charge >= 0.3 is 0 Å². The molecule has 166 valence electrons. The molecule has 0 unspecified atom stereocenters. The van der Waals surface area contributed by atoms with E-state index in [0.29, 0.717) is 27.8 Å². The van der Waals surface area contributed by atoms with E-state index < -0.39 is 4.92 Å². The first-order valence-electron chi connectivity index (χ1n) is 10.7. The number of nitrogens with one attached hydrogen (secondary N) is 1. The molecule has 2 heterocycles. The number of non-ortho nitro benzene ring substituents is 1. The van der Waals surface area contributed by atoms with E-state index in [-0.39, 0.29) is 29.0 Å². The van der Waals surface area contributed by atoms with Crippen molar-refractivity contribution in [2.45, 2.75) is 31.7 Å². The van der Waals surface area contributed by atoms with E-state index >= 15 is 0 Å². The highest BCUT2D eigenvalue weighted by atomic mass is 16.6. The molecule has 0 spiro atoms. The minimum absolute atomic E-state index is 0.0493. The maximum atomic E-state index is 13.2. The second-order valence-corrected chi connectivity index (χ2v) is 8.01. The highest BCUT2D eigenvalue weighted by molar-refractivity contribution is 6.10. The zero-order chi connectivity index (χ0) is 22.9. The van der Waals surface area contributed by atoms with E-state index in [1.54, 1.807) is 12.1 Å². The molecule has 1 saturated carbocycles. The largest absolute Gasteiger partial charge is 0.383 e. The lowest BCUT2D eigenvalue weighted by Crippen LogP contribution is -2.33. The number of aromatic nitrogens is 3. The van der Waals surface area contributed by atoms with Crippen LogP contribution in [0.4, 0.5) is 11.5 Å². The standard InChI is InChI=1S/C23H21N7O3/c24-21-19(23(31)26-15-7-1-2-8-15)20-22(28-18-11-4-3-10-17(18)27-20)29(21)25-13-14-6-5-9-16(12-14)30(32)33/h3-6,9-13,15H,1-2,7-8,24H2,(H,26,31)/b25-13+. The molecule has 1 aliphatic rings. The van der Waals surface area contributed by atoms with Crippen molar-refractivity contribution in [1.29, 1.82) is 0 Å². The first-order valence-corrected chi connectivity index (χ1v) is 10.7. The summed E-state index contributed by atoms with van der Waals surface area (Å²) >= 11 is 0. The van der Waals surface area contributed by atoms with Crippen molar-refractivity contribution in [1.82, 2.24) is 20.0 Å². The molecule has 0 radical (unpaired) electrons. The molecule has 2 aromatic carbocycles. The molecule has 4 aromatic rings. The SMILES string of the molecule is Nc1c(C(=O)NC2CCCC2)c2nc3ccccc3nc2n1/N=C/c1cccc([N+](=O)[O-])c1. The van der Waals surface area contributed by atoms with Gasteiger partial charge in [0.2, 0.25) is 0 Å². The summed E-state index contributed by atoms with van der Waals surface area (Å²) in [6.07, 6.45) is 5.48. The van der Waals surface area contributed by atoms with Gasteiger partial charge in [0, 0.05) is 23.7 Å². The zero-order valence-corrected chi connectivity index (χ0v) is 17.6. The molecule has 1 amide bonds. The Hall–Kier alpha value is -4.34. The normalized spacial score (nSPS) is 14.4. The van der Waals surface area contributed by atoms with Crippen molar-refractivity contribution in [2.75, 3.05) is 5.73 Å². The summed E-state index contributed by atoms with van der Waals surface area (Å²) < 4.78 is 1.36. The van der Waals surface area contributed by atoms with Crippen molar-refractivity contribution in [3.05, 3.63) is 69.8 Å². The van der Waals surface area contributed by atoms with Crippen LogP contribution in [0.3, 0.4) is 0 Å². The number of fused-ring (bicyclic) bond motifs is 2. The average Bonchev–Trinajstić information content (AvgIpc) is 3.41. The van der Waals surface area contributed by atoms with Crippen LogP contribution in [0.25, 0.3) is 22.2 Å². The fourth-order valence-electron chi connectivity index (χ4n) is 4.16. The van der Waals surface area contributed by atoms with Crippen LogP contribution < -0.4 is 11.1 Å². The molecule has 0 atom stereocenters. The van der Waals surface area contributed by atoms with Gasteiger partial charge in [-0.15, -0.1) is 0 Å². The first-order chi connectivity index (χ1) is 16.0. The Morgan fingerprint density at radius 3 is 2.61 bits per heavy atom. The average molecular weight is 443 g/mol. The van der Waals surface area contributed by atoms with E-state index in [2.05, 4.69) is 20.4 Å². The van der Waals surface area contributed by atoms with E-state index in [0.717, 1.165) is 25.7 Å². The van der Waals surface area contributed by atoms with Gasteiger partial charge in [0.05, 0.1) is 22.2 Å². The number of nitro benzene ring substituents is 1. The minimum atomic E-state index is -0.472. The predicted molar refractivity (Wildman–Crippen MR) is 125 cm³/mol. The van der Waals surface area contributed by atoms with Crippen molar-refractivity contribution in [2.24, 2.45) is 5.10 Å². The number of benzene rings is 2. The number of amides is 1. The van der Waals surface area contributed by atoms with Crippen LogP contribution in [0, 0.1) is 10.1 Å². The molecule has 33 heavy (non-hydrogen) atoms. The Labute approximate surface area is 188 Å². The number of hydrogen-bond donors (Lipinski definition) is 2. The fraction of sp³-hybridized carbons (Fsp3) is 0.217. The Morgan fingerprint density at radius 1 is 1.15 bits per heavy atom. The van der Waals surface area contributed by atoms with Gasteiger partial charge in [-0.2, -0.15) is 9.78 Å². The number of carbonyl (C=O) groups is 1. The maximum absolute atomic E-state index is 13.2. The number of para-hydroxylation sites is 2. The molecule has 0 aliphatic heterocycles. The lowest BCUT2D eigenvalue weighted by Gasteiger charge is -2.11. The summed E-state index contributed by atoms with van der Waals surface area (Å²) in [4.78, 5) is 33.1. The summed E-state index contributed by atoms with van der Waals surface area (Å²) in [5.41, 5.74) is 9.06. The van der Waals surface area contributed by atoms with Gasteiger partial charge in [0.25, 0.3) is 11.6 Å². The van der Waals surface area contributed by atoms with Crippen LogP contribution >= 0.6 is 0 Å². The summed E-state index contributed by atoms with van der Waals surface area (Å²) in [7, 11) is 0. The van der Waals surface area contributed by atoms with Crippen LogP contribution in [0.2, 0.25) is 0 Å². The number of nitrogens with two attached hydrogens (primary N) is 1. The Kier molecular flexibility index (Phi) is 5.17. The highest BCUT2D eigenvalue weighted by Gasteiger charge is 2.26. The van der Waals surface area contributed by atoms with E-state index in [9.17, 15) is 14.9 Å². The number of carbonyl (C=O) groups excluding carboxylic acids is 1. The molecule has 2 aromatic heterocycles. The predicted octanol–water partition coefficient (Wildman–Crippen LogP) is 3.63. The van der Waals surface area contributed by atoms with Gasteiger partial charge in [-0.3, -0.25) is 14.9 Å². The molecule has 3 N–H and O–H groups in total. The zero-order valence-electron chi connectivity index (χ0n) is 17.6. The lowest BCUT2D eigenvalue weighted by molar-refractivity contribution is -0.384. The van der Waals surface area contributed by atoms with E-state index in [1.807, 2.05) is 24.3 Å². The topological polar surface area (TPSA) is 141 Å². The molecule has 10 heteroatoms. The van der Waals surface area contributed by atoms with Crippen LogP contribution in [0.5, 0.6) is 0 Å². The summed E-state index contributed by atoms with van der Waals surface area (Å²) in [5, 5.41) is 18.5. The van der Waals surface area contributed by atoms with E-state index in [4.69, 9.17) is 5.73 Å². The third kappa shape index (κ3) is 3.86. The fourth-order valence-corrected chi connectivity index (χ4v) is 4.16. The summed E-state index contributed by atoms with van der Waals surface area (Å²) in [5.74, 6) is -0.198. The van der Waals surface area contributed by atoms with Gasteiger partial charge in [0.15, 0.2) is 5.65 Å². The van der Waals surface area contributed by atoms with Crippen LogP contribution in [0.1, 0.15) is 41.6 Å². The lowest BCUT2D eigenvalue weighted by atomic mass is 10.2. The minimum Gasteiger partial charge on any atom is -0.383 e. The highest BCUT2D eigenvalue weighted by Crippen LogP contribution is 2.29. The maximum Gasteiger partial charge on any atom is 0.270 e. The second-order valence-electron chi connectivity index (χ2n) is 8.01. The van der Waals surface area contributed by atoms with Crippen molar-refractivity contribution in [3.63, 3.8) is 0 Å². The molecule has 10 nitrogen and oxygen atoms in total. The van der Waals surface area contributed by atoms with Crippen molar-refractivity contribution >= 4 is 45.8 Å². The third-order valence-electron chi connectivity index (χ3n) is 5.79. The third-order valence-corrected chi connectivity index (χ3v) is 5.79. The summed E-state index contributed by atoms with van der Waals surface area (Å²) in [6, 6.07) is 13.5. The van der Waals surface area contributed by atoms with Crippen LogP contribution in [-0.2, 0) is 0 Å². The van der Waals surface area contributed by atoms with Gasteiger partial charge in [-0.05, 0) is 25.0 Å². The van der Waals surface area contributed by atoms with Gasteiger partial charge in [0.1, 0.15) is 16.9 Å². The van der Waals surface area contributed by atoms with Gasteiger partial charge in [-0.1, -0.05) is 37.1 Å². The molecular weight excluding hydrogens is 422 g/mol. The molecule has 1 fully saturated rings. The number of nitrogens with zero attached hydrogens (tertiary/aromatic N) is 5. The Balaban J connectivity index is 1.63. The van der Waals surface area contributed by atoms with Gasteiger partial charge in [-0.25, -0.2) is 9.97 Å². The number of rotatable bonds is 5. The van der Waals surface area contributed by atoms with Crippen LogP contribution in [0.15, 0.2) is 53.6 Å². The molecule has 0 bridgehead atoms. The molecule has 5 rings (SSSR count). The van der Waals surface area contributed by atoms with E-state index in [1.165, 1.54) is 23.0 Å². The molecule has 1 aliphatic carbocycles. The monoisotopic (exact) mass is 443 g/mol. The first kappa shape index (κ1) is 20.6. The number of nitrogen functional groups attached to an aromatic ring is 1. The molecular formula is C23H21N7O3. The molecule has 0 saturated heterocycles. The number of nitro groups is 1. The second kappa shape index (κ2) is 8.30. The smallest absolute Gasteiger partial charge is 0.270 e. The van der Waals surface area contributed by atoms with Crippen molar-refractivity contribution < 1.29 is 9.72 Å². The number of anilines is 1.